The molecule has 0 radical (unpaired) electrons. The number of anilines is 1. The van der Waals surface area contributed by atoms with Crippen LogP contribution in [-0.2, 0) is 0 Å². The van der Waals surface area contributed by atoms with Crippen molar-refractivity contribution in [2.75, 3.05) is 5.32 Å². The van der Waals surface area contributed by atoms with Crippen LogP contribution < -0.4 is 5.32 Å². The topological polar surface area (TPSA) is 59.6 Å². The Morgan fingerprint density at radius 3 is 2.11 bits per heavy atom. The second-order valence-electron chi connectivity index (χ2n) is 4.31. The molecule has 2 aromatic rings. The molecule has 0 saturated heterocycles. The first kappa shape index (κ1) is 12.7. The van der Waals surface area contributed by atoms with Crippen molar-refractivity contribution in [3.8, 4) is 12.1 Å². The van der Waals surface area contributed by atoms with Gasteiger partial charge in [0.2, 0.25) is 0 Å². The Balaban J connectivity index is 2.18. The SMILES string of the molecule is Cc1ccc(NC(C#N)c2ccc(C#N)cc2)cc1. The molecule has 0 aromatic heterocycles. The van der Waals surface area contributed by atoms with E-state index in [-0.39, 0.29) is 0 Å². The maximum absolute atomic E-state index is 9.24. The van der Waals surface area contributed by atoms with Crippen molar-refractivity contribution in [2.45, 2.75) is 13.0 Å². The van der Waals surface area contributed by atoms with E-state index in [9.17, 15) is 5.26 Å². The third-order valence-corrected chi connectivity index (χ3v) is 2.86. The summed E-state index contributed by atoms with van der Waals surface area (Å²) in [4.78, 5) is 0. The van der Waals surface area contributed by atoms with Crippen LogP contribution in [0.4, 0.5) is 5.69 Å². The fraction of sp³-hybridized carbons (Fsp3) is 0.125. The molecule has 19 heavy (non-hydrogen) atoms. The van der Waals surface area contributed by atoms with Gasteiger partial charge in [0.25, 0.3) is 0 Å². The fourth-order valence-electron chi connectivity index (χ4n) is 1.76. The van der Waals surface area contributed by atoms with Gasteiger partial charge in [0, 0.05) is 5.69 Å². The zero-order valence-corrected chi connectivity index (χ0v) is 10.6. The van der Waals surface area contributed by atoms with Crippen LogP contribution in [-0.4, -0.2) is 0 Å². The summed E-state index contributed by atoms with van der Waals surface area (Å²) in [6.45, 7) is 2.02. The van der Waals surface area contributed by atoms with E-state index >= 15 is 0 Å². The summed E-state index contributed by atoms with van der Waals surface area (Å²) in [6, 6.07) is 18.8. The molecule has 1 N–H and O–H groups in total. The lowest BCUT2D eigenvalue weighted by Crippen LogP contribution is -2.08. The highest BCUT2D eigenvalue weighted by Crippen LogP contribution is 2.19. The van der Waals surface area contributed by atoms with E-state index in [0.29, 0.717) is 5.56 Å². The maximum atomic E-state index is 9.24. The molecule has 0 saturated carbocycles. The van der Waals surface area contributed by atoms with Crippen molar-refractivity contribution in [3.63, 3.8) is 0 Å². The van der Waals surface area contributed by atoms with Gasteiger partial charge in [-0.2, -0.15) is 10.5 Å². The lowest BCUT2D eigenvalue weighted by Gasteiger charge is -2.13. The fourth-order valence-corrected chi connectivity index (χ4v) is 1.76. The van der Waals surface area contributed by atoms with Gasteiger partial charge in [0.15, 0.2) is 0 Å². The molecule has 0 aliphatic heterocycles. The van der Waals surface area contributed by atoms with Crippen molar-refractivity contribution in [3.05, 3.63) is 65.2 Å². The molecule has 2 aromatic carbocycles. The molecule has 1 atom stereocenters. The molecule has 3 nitrogen and oxygen atoms in total. The molecule has 1 unspecified atom stereocenters. The minimum absolute atomic E-state index is 0.421. The summed E-state index contributed by atoms with van der Waals surface area (Å²) in [6.07, 6.45) is 0. The Kier molecular flexibility index (Phi) is 3.81. The predicted octanol–water partition coefficient (Wildman–Crippen LogP) is 3.54. The molecule has 0 fully saturated rings. The molecule has 0 aliphatic carbocycles. The van der Waals surface area contributed by atoms with Gasteiger partial charge in [0.1, 0.15) is 6.04 Å². The standard InChI is InChI=1S/C16H13N3/c1-12-2-8-15(9-3-12)19-16(11-18)14-6-4-13(10-17)5-7-14/h2-9,16,19H,1H3. The third-order valence-electron chi connectivity index (χ3n) is 2.86. The van der Waals surface area contributed by atoms with Crippen molar-refractivity contribution in [2.24, 2.45) is 0 Å². The number of hydrogen-bond acceptors (Lipinski definition) is 3. The van der Waals surface area contributed by atoms with Crippen LogP contribution in [0.2, 0.25) is 0 Å². The van der Waals surface area contributed by atoms with Gasteiger partial charge in [-0.15, -0.1) is 0 Å². The normalized spacial score (nSPS) is 11.1. The zero-order chi connectivity index (χ0) is 13.7. The number of nitrogens with zero attached hydrogens (tertiary/aromatic N) is 2. The Bertz CT molecular complexity index is 628. The first-order valence-corrected chi connectivity index (χ1v) is 5.96. The molecular weight excluding hydrogens is 234 g/mol. The van der Waals surface area contributed by atoms with Gasteiger partial charge in [0.05, 0.1) is 17.7 Å². The predicted molar refractivity (Wildman–Crippen MR) is 74.3 cm³/mol. The van der Waals surface area contributed by atoms with Gasteiger partial charge < -0.3 is 5.32 Å². The summed E-state index contributed by atoms with van der Waals surface area (Å²) in [5.41, 5.74) is 3.52. The van der Waals surface area contributed by atoms with Gasteiger partial charge in [-0.25, -0.2) is 0 Å². The van der Waals surface area contributed by atoms with E-state index in [0.717, 1.165) is 11.3 Å². The van der Waals surface area contributed by atoms with Gasteiger partial charge in [-0.05, 0) is 36.8 Å². The van der Waals surface area contributed by atoms with Gasteiger partial charge in [-0.3, -0.25) is 0 Å². The lowest BCUT2D eigenvalue weighted by atomic mass is 10.1. The van der Waals surface area contributed by atoms with E-state index in [1.165, 1.54) is 5.56 Å². The van der Waals surface area contributed by atoms with Gasteiger partial charge >= 0.3 is 0 Å². The van der Waals surface area contributed by atoms with Crippen molar-refractivity contribution in [1.29, 1.82) is 10.5 Å². The van der Waals surface area contributed by atoms with E-state index in [2.05, 4.69) is 17.5 Å². The molecule has 92 valence electrons. The molecule has 0 amide bonds. The maximum Gasteiger partial charge on any atom is 0.140 e. The smallest absolute Gasteiger partial charge is 0.140 e. The third kappa shape index (κ3) is 3.12. The van der Waals surface area contributed by atoms with E-state index < -0.39 is 6.04 Å². The van der Waals surface area contributed by atoms with Crippen LogP contribution >= 0.6 is 0 Å². The molecule has 0 bridgehead atoms. The van der Waals surface area contributed by atoms with Crippen LogP contribution in [0.1, 0.15) is 22.7 Å². The van der Waals surface area contributed by atoms with Crippen molar-refractivity contribution >= 4 is 5.69 Å². The molecule has 0 heterocycles. The first-order valence-electron chi connectivity index (χ1n) is 5.96. The van der Waals surface area contributed by atoms with Crippen LogP contribution in [0, 0.1) is 29.6 Å². The summed E-state index contributed by atoms with van der Waals surface area (Å²) in [5, 5.41) is 21.2. The molecule has 0 aliphatic rings. The van der Waals surface area contributed by atoms with Crippen molar-refractivity contribution in [1.82, 2.24) is 0 Å². The van der Waals surface area contributed by atoms with Crippen molar-refractivity contribution < 1.29 is 0 Å². The van der Waals surface area contributed by atoms with E-state index in [1.807, 2.05) is 31.2 Å². The van der Waals surface area contributed by atoms with Gasteiger partial charge in [-0.1, -0.05) is 29.8 Å². The number of benzene rings is 2. The minimum Gasteiger partial charge on any atom is -0.366 e. The zero-order valence-electron chi connectivity index (χ0n) is 10.6. The number of aryl methyl sites for hydroxylation is 1. The number of hydrogen-bond donors (Lipinski definition) is 1. The van der Waals surface area contributed by atoms with E-state index in [4.69, 9.17) is 5.26 Å². The number of nitrogens with one attached hydrogen (secondary N) is 1. The summed E-state index contributed by atoms with van der Waals surface area (Å²) < 4.78 is 0. The number of rotatable bonds is 3. The average Bonchev–Trinajstić information content (AvgIpc) is 2.47. The Labute approximate surface area is 112 Å². The highest BCUT2D eigenvalue weighted by molar-refractivity contribution is 5.49. The molecule has 3 heteroatoms. The molecular formula is C16H13N3. The minimum atomic E-state index is -0.421. The van der Waals surface area contributed by atoms with Crippen LogP contribution in [0.15, 0.2) is 48.5 Å². The second-order valence-corrected chi connectivity index (χ2v) is 4.31. The number of nitriles is 2. The Morgan fingerprint density at radius 2 is 1.58 bits per heavy atom. The quantitative estimate of drug-likeness (QED) is 0.902. The molecule has 2 rings (SSSR count). The highest BCUT2D eigenvalue weighted by atomic mass is 14.9. The average molecular weight is 247 g/mol. The van der Waals surface area contributed by atoms with E-state index in [1.54, 1.807) is 24.3 Å². The van der Waals surface area contributed by atoms with Crippen LogP contribution in [0.3, 0.4) is 0 Å². The summed E-state index contributed by atoms with van der Waals surface area (Å²) in [7, 11) is 0. The second kappa shape index (κ2) is 5.71. The first-order chi connectivity index (χ1) is 9.22. The van der Waals surface area contributed by atoms with Crippen LogP contribution in [0.5, 0.6) is 0 Å². The molecule has 0 spiro atoms. The highest BCUT2D eigenvalue weighted by Gasteiger charge is 2.09. The Morgan fingerprint density at radius 1 is 0.947 bits per heavy atom. The monoisotopic (exact) mass is 247 g/mol. The Hall–Kier alpha value is -2.78. The summed E-state index contributed by atoms with van der Waals surface area (Å²) >= 11 is 0. The largest absolute Gasteiger partial charge is 0.366 e. The lowest BCUT2D eigenvalue weighted by molar-refractivity contribution is 0.997. The summed E-state index contributed by atoms with van der Waals surface area (Å²) in [5.74, 6) is 0. The van der Waals surface area contributed by atoms with Crippen LogP contribution in [0.25, 0.3) is 0 Å².